The molecule has 0 spiro atoms. The zero-order chi connectivity index (χ0) is 13.8. The number of hydrogen-bond donors (Lipinski definition) is 0. The molecule has 3 saturated carbocycles. The van der Waals surface area contributed by atoms with Crippen LogP contribution in [0.4, 0.5) is 0 Å². The lowest BCUT2D eigenvalue weighted by Crippen LogP contribution is -2.52. The van der Waals surface area contributed by atoms with E-state index in [1.165, 1.54) is 44.9 Å². The first-order valence-electron chi connectivity index (χ1n) is 8.85. The maximum absolute atomic E-state index is 2.64. The lowest BCUT2D eigenvalue weighted by molar-refractivity contribution is -0.117. The van der Waals surface area contributed by atoms with Crippen molar-refractivity contribution in [3.63, 3.8) is 0 Å². The van der Waals surface area contributed by atoms with Gasteiger partial charge in [-0.25, -0.2) is 0 Å². The number of fused-ring (bicyclic) bond motifs is 2. The van der Waals surface area contributed by atoms with E-state index in [1.807, 2.05) is 0 Å². The van der Waals surface area contributed by atoms with Gasteiger partial charge in [0.1, 0.15) is 0 Å². The average Bonchev–Trinajstić information content (AvgIpc) is 2.34. The molecule has 0 saturated heterocycles. The smallest absolute Gasteiger partial charge is 0.0267 e. The Labute approximate surface area is 120 Å². The molecule has 3 aliphatic rings. The first kappa shape index (κ1) is 14.0. The van der Waals surface area contributed by atoms with Gasteiger partial charge in [-0.2, -0.15) is 0 Å². The molecule has 7 atom stereocenters. The monoisotopic (exact) mass is 262 g/mol. The lowest BCUT2D eigenvalue weighted by Gasteiger charge is -2.61. The minimum Gasteiger partial charge on any atom is -0.0625 e. The molecule has 0 aromatic carbocycles. The van der Waals surface area contributed by atoms with Crippen molar-refractivity contribution in [1.29, 1.82) is 0 Å². The van der Waals surface area contributed by atoms with Gasteiger partial charge in [0.25, 0.3) is 0 Å². The van der Waals surface area contributed by atoms with Gasteiger partial charge in [0.05, 0.1) is 0 Å². The van der Waals surface area contributed by atoms with Crippen LogP contribution in [-0.4, -0.2) is 0 Å². The van der Waals surface area contributed by atoms with Crippen LogP contribution in [0.5, 0.6) is 0 Å². The fourth-order valence-corrected chi connectivity index (χ4v) is 6.17. The van der Waals surface area contributed by atoms with E-state index >= 15 is 0 Å². The van der Waals surface area contributed by atoms with Gasteiger partial charge in [0, 0.05) is 0 Å². The number of hydrogen-bond acceptors (Lipinski definition) is 0. The van der Waals surface area contributed by atoms with Crippen LogP contribution in [0, 0.1) is 40.4 Å². The molecule has 0 aromatic heterocycles. The normalized spacial score (nSPS) is 58.3. The predicted octanol–water partition coefficient (Wildman–Crippen LogP) is 5.91. The second-order valence-electron chi connectivity index (χ2n) is 9.22. The quantitative estimate of drug-likeness (QED) is 0.509. The largest absolute Gasteiger partial charge is 0.0625 e. The molecule has 0 N–H and O–H groups in total. The molecule has 3 fully saturated rings. The summed E-state index contributed by atoms with van der Waals surface area (Å²) in [4.78, 5) is 0. The van der Waals surface area contributed by atoms with Crippen molar-refractivity contribution in [1.82, 2.24) is 0 Å². The van der Waals surface area contributed by atoms with Crippen LogP contribution >= 0.6 is 0 Å². The third-order valence-electron chi connectivity index (χ3n) is 8.02. The lowest BCUT2D eigenvalue weighted by atomic mass is 9.43. The minimum absolute atomic E-state index is 0.645. The summed E-state index contributed by atoms with van der Waals surface area (Å²) in [6.07, 6.45) is 10.6. The van der Waals surface area contributed by atoms with Crippen LogP contribution in [0.2, 0.25) is 0 Å². The first-order valence-corrected chi connectivity index (χ1v) is 8.85. The number of rotatable bonds is 0. The van der Waals surface area contributed by atoms with Crippen molar-refractivity contribution >= 4 is 0 Å². The van der Waals surface area contributed by atoms with Crippen molar-refractivity contribution in [2.45, 2.75) is 79.6 Å². The Kier molecular flexibility index (Phi) is 3.31. The molecule has 0 heterocycles. The van der Waals surface area contributed by atoms with Crippen molar-refractivity contribution in [3.05, 3.63) is 0 Å². The molecule has 19 heavy (non-hydrogen) atoms. The van der Waals surface area contributed by atoms with Crippen molar-refractivity contribution in [3.8, 4) is 0 Å². The van der Waals surface area contributed by atoms with Crippen molar-refractivity contribution in [2.75, 3.05) is 0 Å². The standard InChI is InChI=1S/C19H34/c1-13-8-9-18(4)12-17-15(3)14(2)6-7-16(17)11-19(18,5)10-13/h13-17H,6-12H2,1-5H3. The Morgan fingerprint density at radius 1 is 0.789 bits per heavy atom. The van der Waals surface area contributed by atoms with E-state index in [4.69, 9.17) is 0 Å². The van der Waals surface area contributed by atoms with E-state index in [2.05, 4.69) is 34.6 Å². The Bertz CT molecular complexity index is 346. The zero-order valence-corrected chi connectivity index (χ0v) is 13.8. The molecule has 0 bridgehead atoms. The third-order valence-corrected chi connectivity index (χ3v) is 8.02. The summed E-state index contributed by atoms with van der Waals surface area (Å²) in [5, 5.41) is 0. The Morgan fingerprint density at radius 3 is 2.26 bits per heavy atom. The summed E-state index contributed by atoms with van der Waals surface area (Å²) in [6.45, 7) is 12.8. The summed E-state index contributed by atoms with van der Waals surface area (Å²) in [5.74, 6) is 5.00. The summed E-state index contributed by atoms with van der Waals surface area (Å²) < 4.78 is 0. The first-order chi connectivity index (χ1) is 8.85. The van der Waals surface area contributed by atoms with Crippen LogP contribution in [0.15, 0.2) is 0 Å². The average molecular weight is 262 g/mol. The highest BCUT2D eigenvalue weighted by atomic mass is 14.6. The van der Waals surface area contributed by atoms with Gasteiger partial charge >= 0.3 is 0 Å². The highest BCUT2D eigenvalue weighted by Gasteiger charge is 2.55. The SMILES string of the molecule is CC1CCC2(C)CC3C(CCC(C)C3C)CC2(C)C1. The van der Waals surface area contributed by atoms with Crippen molar-refractivity contribution in [2.24, 2.45) is 40.4 Å². The summed E-state index contributed by atoms with van der Waals surface area (Å²) >= 11 is 0. The molecule has 0 nitrogen and oxygen atoms in total. The van der Waals surface area contributed by atoms with Crippen LogP contribution in [0.1, 0.15) is 79.6 Å². The van der Waals surface area contributed by atoms with Gasteiger partial charge in [-0.3, -0.25) is 0 Å². The van der Waals surface area contributed by atoms with Gasteiger partial charge in [0.2, 0.25) is 0 Å². The molecule has 3 aliphatic carbocycles. The molecule has 0 amide bonds. The van der Waals surface area contributed by atoms with E-state index < -0.39 is 0 Å². The van der Waals surface area contributed by atoms with Gasteiger partial charge in [0.15, 0.2) is 0 Å². The van der Waals surface area contributed by atoms with E-state index in [1.54, 1.807) is 0 Å². The molecule has 110 valence electrons. The molecule has 3 rings (SSSR count). The van der Waals surface area contributed by atoms with Crippen LogP contribution in [-0.2, 0) is 0 Å². The van der Waals surface area contributed by atoms with Crippen LogP contribution < -0.4 is 0 Å². The van der Waals surface area contributed by atoms with Crippen LogP contribution in [0.25, 0.3) is 0 Å². The van der Waals surface area contributed by atoms with Gasteiger partial charge < -0.3 is 0 Å². The Hall–Kier alpha value is 0. The second-order valence-corrected chi connectivity index (χ2v) is 9.22. The highest BCUT2D eigenvalue weighted by Crippen LogP contribution is 2.65. The maximum Gasteiger partial charge on any atom is -0.0267 e. The zero-order valence-electron chi connectivity index (χ0n) is 13.8. The molecule has 0 aliphatic heterocycles. The van der Waals surface area contributed by atoms with E-state index in [0.29, 0.717) is 10.8 Å². The topological polar surface area (TPSA) is 0 Å². The molecule has 7 unspecified atom stereocenters. The van der Waals surface area contributed by atoms with E-state index in [-0.39, 0.29) is 0 Å². The Balaban J connectivity index is 1.86. The molecular formula is C19H34. The summed E-state index contributed by atoms with van der Waals surface area (Å²) in [7, 11) is 0. The van der Waals surface area contributed by atoms with Crippen molar-refractivity contribution < 1.29 is 0 Å². The van der Waals surface area contributed by atoms with E-state index in [0.717, 1.165) is 29.6 Å². The third kappa shape index (κ3) is 2.09. The van der Waals surface area contributed by atoms with E-state index in [9.17, 15) is 0 Å². The van der Waals surface area contributed by atoms with Gasteiger partial charge in [-0.1, -0.05) is 47.5 Å². The van der Waals surface area contributed by atoms with Gasteiger partial charge in [-0.15, -0.1) is 0 Å². The second kappa shape index (κ2) is 4.50. The minimum atomic E-state index is 0.645. The van der Waals surface area contributed by atoms with Gasteiger partial charge in [-0.05, 0) is 72.5 Å². The molecular weight excluding hydrogens is 228 g/mol. The molecule has 0 radical (unpaired) electrons. The van der Waals surface area contributed by atoms with Crippen LogP contribution in [0.3, 0.4) is 0 Å². The molecule has 0 aromatic rings. The predicted molar refractivity (Wildman–Crippen MR) is 83.0 cm³/mol. The fraction of sp³-hybridized carbons (Fsp3) is 1.00. The summed E-state index contributed by atoms with van der Waals surface area (Å²) in [5.41, 5.74) is 1.29. The summed E-state index contributed by atoms with van der Waals surface area (Å²) in [6, 6.07) is 0. The molecule has 0 heteroatoms. The fourth-order valence-electron chi connectivity index (χ4n) is 6.17. The Morgan fingerprint density at radius 2 is 1.53 bits per heavy atom. The maximum atomic E-state index is 2.64. The highest BCUT2D eigenvalue weighted by molar-refractivity contribution is 5.05.